The quantitative estimate of drug-likeness (QED) is 0.694. The Morgan fingerprint density at radius 1 is 1.29 bits per heavy atom. The number of piperidine rings is 1. The van der Waals surface area contributed by atoms with E-state index in [0.29, 0.717) is 6.61 Å². The zero-order chi connectivity index (χ0) is 13.1. The number of ether oxygens (including phenoxy) is 2. The Morgan fingerprint density at radius 3 is 2.35 bits per heavy atom. The molecule has 0 amide bonds. The zero-order valence-electron chi connectivity index (χ0n) is 11.7. The van der Waals surface area contributed by atoms with Crippen molar-refractivity contribution in [3.05, 3.63) is 0 Å². The van der Waals surface area contributed by atoms with Gasteiger partial charge in [0, 0.05) is 13.7 Å². The van der Waals surface area contributed by atoms with Crippen LogP contribution < -0.4 is 0 Å². The maximum Gasteiger partial charge on any atom is 0.309 e. The molecule has 1 heterocycles. The van der Waals surface area contributed by atoms with Gasteiger partial charge in [-0.25, -0.2) is 0 Å². The van der Waals surface area contributed by atoms with Gasteiger partial charge in [-0.3, -0.25) is 4.79 Å². The number of hydrogen-bond acceptors (Lipinski definition) is 4. The zero-order valence-corrected chi connectivity index (χ0v) is 11.7. The molecule has 1 aliphatic rings. The highest BCUT2D eigenvalue weighted by atomic mass is 16.5. The average Bonchev–Trinajstić information content (AvgIpc) is 2.39. The van der Waals surface area contributed by atoms with Crippen LogP contribution >= 0.6 is 0 Å². The minimum atomic E-state index is -0.0242. The summed E-state index contributed by atoms with van der Waals surface area (Å²) in [5.41, 5.74) is 0. The van der Waals surface area contributed by atoms with Crippen molar-refractivity contribution in [1.82, 2.24) is 4.90 Å². The molecule has 0 aliphatic carbocycles. The lowest BCUT2D eigenvalue weighted by atomic mass is 9.97. The number of carbonyl (C=O) groups is 1. The van der Waals surface area contributed by atoms with Crippen molar-refractivity contribution < 1.29 is 14.3 Å². The first kappa shape index (κ1) is 16.4. The molecule has 0 aromatic rings. The molecule has 0 spiro atoms. The number of methoxy groups -OCH3 is 1. The number of nitrogens with zero attached hydrogens (tertiary/aromatic N) is 1. The van der Waals surface area contributed by atoms with Crippen LogP contribution in [0.4, 0.5) is 0 Å². The summed E-state index contributed by atoms with van der Waals surface area (Å²) < 4.78 is 10.0. The van der Waals surface area contributed by atoms with Gasteiger partial charge in [-0.15, -0.1) is 0 Å². The standard InChI is InChI=1S/C11H21NO3.C2H6/c1-3-15-11(13)10-4-6-12(7-5-10)8-9-14-2;1-2/h10H,3-9H2,1-2H3;1-2H3. The maximum atomic E-state index is 11.5. The topological polar surface area (TPSA) is 38.8 Å². The molecule has 0 bridgehead atoms. The van der Waals surface area contributed by atoms with E-state index in [0.717, 1.165) is 39.1 Å². The predicted molar refractivity (Wildman–Crippen MR) is 69.0 cm³/mol. The third-order valence-electron chi connectivity index (χ3n) is 2.82. The third-order valence-corrected chi connectivity index (χ3v) is 2.82. The highest BCUT2D eigenvalue weighted by molar-refractivity contribution is 5.72. The molecule has 0 saturated carbocycles. The number of carbonyl (C=O) groups excluding carboxylic acids is 1. The first-order valence-electron chi connectivity index (χ1n) is 6.65. The monoisotopic (exact) mass is 245 g/mol. The molecule has 0 aromatic carbocycles. The summed E-state index contributed by atoms with van der Waals surface area (Å²) in [6.07, 6.45) is 1.84. The molecule has 1 aliphatic heterocycles. The van der Waals surface area contributed by atoms with Crippen LogP contribution in [-0.2, 0) is 14.3 Å². The van der Waals surface area contributed by atoms with Crippen LogP contribution in [0.1, 0.15) is 33.6 Å². The van der Waals surface area contributed by atoms with Crippen molar-refractivity contribution in [2.75, 3.05) is 40.0 Å². The van der Waals surface area contributed by atoms with Crippen molar-refractivity contribution in [1.29, 1.82) is 0 Å². The van der Waals surface area contributed by atoms with Gasteiger partial charge < -0.3 is 14.4 Å². The van der Waals surface area contributed by atoms with Gasteiger partial charge in [-0.1, -0.05) is 13.8 Å². The lowest BCUT2D eigenvalue weighted by molar-refractivity contribution is -0.149. The van der Waals surface area contributed by atoms with Crippen LogP contribution in [0, 0.1) is 5.92 Å². The Balaban J connectivity index is 0.00000121. The van der Waals surface area contributed by atoms with Crippen LogP contribution in [0.5, 0.6) is 0 Å². The molecule has 0 unspecified atom stereocenters. The van der Waals surface area contributed by atoms with Crippen molar-refractivity contribution in [2.24, 2.45) is 5.92 Å². The van der Waals surface area contributed by atoms with E-state index in [1.54, 1.807) is 7.11 Å². The van der Waals surface area contributed by atoms with E-state index in [1.165, 1.54) is 0 Å². The summed E-state index contributed by atoms with van der Waals surface area (Å²) in [6, 6.07) is 0. The lowest BCUT2D eigenvalue weighted by Crippen LogP contribution is -2.38. The Morgan fingerprint density at radius 2 is 1.88 bits per heavy atom. The Bertz CT molecular complexity index is 189. The summed E-state index contributed by atoms with van der Waals surface area (Å²) >= 11 is 0. The van der Waals surface area contributed by atoms with E-state index in [2.05, 4.69) is 4.90 Å². The second kappa shape index (κ2) is 10.5. The molecule has 4 nitrogen and oxygen atoms in total. The van der Waals surface area contributed by atoms with E-state index in [1.807, 2.05) is 20.8 Å². The highest BCUT2D eigenvalue weighted by Crippen LogP contribution is 2.18. The molecule has 1 saturated heterocycles. The summed E-state index contributed by atoms with van der Waals surface area (Å²) in [7, 11) is 1.71. The fourth-order valence-electron chi connectivity index (χ4n) is 1.87. The van der Waals surface area contributed by atoms with Crippen LogP contribution in [0.2, 0.25) is 0 Å². The number of likely N-dealkylation sites (tertiary alicyclic amines) is 1. The minimum absolute atomic E-state index is 0.0242. The molecule has 1 fully saturated rings. The lowest BCUT2D eigenvalue weighted by Gasteiger charge is -2.30. The third kappa shape index (κ3) is 6.64. The normalized spacial score (nSPS) is 17.2. The molecule has 1 rings (SSSR count). The van der Waals surface area contributed by atoms with Gasteiger partial charge in [0.25, 0.3) is 0 Å². The van der Waals surface area contributed by atoms with Crippen LogP contribution in [-0.4, -0.2) is 50.8 Å². The first-order chi connectivity index (χ1) is 8.27. The first-order valence-corrected chi connectivity index (χ1v) is 6.65. The second-order valence-corrected chi connectivity index (χ2v) is 3.86. The largest absolute Gasteiger partial charge is 0.466 e. The Hall–Kier alpha value is -0.610. The summed E-state index contributed by atoms with van der Waals surface area (Å²) in [5.74, 6) is 0.0904. The van der Waals surface area contributed by atoms with Gasteiger partial charge in [0.1, 0.15) is 0 Å². The molecular formula is C13H27NO3. The molecule has 102 valence electrons. The maximum absolute atomic E-state index is 11.5. The number of esters is 1. The molecule has 0 atom stereocenters. The second-order valence-electron chi connectivity index (χ2n) is 3.86. The average molecular weight is 245 g/mol. The van der Waals surface area contributed by atoms with Crippen molar-refractivity contribution in [2.45, 2.75) is 33.6 Å². The minimum Gasteiger partial charge on any atom is -0.466 e. The highest BCUT2D eigenvalue weighted by Gasteiger charge is 2.25. The van der Waals surface area contributed by atoms with Gasteiger partial charge in [-0.05, 0) is 32.9 Å². The van der Waals surface area contributed by atoms with Crippen molar-refractivity contribution in [3.63, 3.8) is 0 Å². The molecule has 4 heteroatoms. The van der Waals surface area contributed by atoms with Crippen molar-refractivity contribution in [3.8, 4) is 0 Å². The van der Waals surface area contributed by atoms with Gasteiger partial charge >= 0.3 is 5.97 Å². The van der Waals surface area contributed by atoms with Gasteiger partial charge in [0.2, 0.25) is 0 Å². The van der Waals surface area contributed by atoms with Crippen molar-refractivity contribution >= 4 is 5.97 Å². The Kier molecular flexibility index (Phi) is 10.2. The molecule has 17 heavy (non-hydrogen) atoms. The number of hydrogen-bond donors (Lipinski definition) is 0. The Labute approximate surface area is 105 Å². The van der Waals surface area contributed by atoms with Gasteiger partial charge in [-0.2, -0.15) is 0 Å². The predicted octanol–water partition coefficient (Wildman–Crippen LogP) is 1.93. The van der Waals surface area contributed by atoms with Crippen LogP contribution in [0.3, 0.4) is 0 Å². The molecule has 0 aromatic heterocycles. The smallest absolute Gasteiger partial charge is 0.309 e. The van der Waals surface area contributed by atoms with E-state index in [-0.39, 0.29) is 11.9 Å². The summed E-state index contributed by atoms with van der Waals surface area (Å²) in [5, 5.41) is 0. The van der Waals surface area contributed by atoms with E-state index in [4.69, 9.17) is 9.47 Å². The fraction of sp³-hybridized carbons (Fsp3) is 0.923. The molecule has 0 N–H and O–H groups in total. The van der Waals surface area contributed by atoms with E-state index < -0.39 is 0 Å². The van der Waals surface area contributed by atoms with E-state index >= 15 is 0 Å². The van der Waals surface area contributed by atoms with Crippen LogP contribution in [0.25, 0.3) is 0 Å². The number of rotatable bonds is 5. The van der Waals surface area contributed by atoms with Gasteiger partial charge in [0.15, 0.2) is 0 Å². The van der Waals surface area contributed by atoms with E-state index in [9.17, 15) is 4.79 Å². The molecule has 0 radical (unpaired) electrons. The molecular weight excluding hydrogens is 218 g/mol. The summed E-state index contributed by atoms with van der Waals surface area (Å²) in [6.45, 7) is 10.0. The van der Waals surface area contributed by atoms with Crippen LogP contribution in [0.15, 0.2) is 0 Å². The SMILES string of the molecule is CC.CCOC(=O)C1CCN(CCOC)CC1. The van der Waals surface area contributed by atoms with Gasteiger partial charge in [0.05, 0.1) is 19.1 Å². The summed E-state index contributed by atoms with van der Waals surface area (Å²) in [4.78, 5) is 13.8. The fourth-order valence-corrected chi connectivity index (χ4v) is 1.87.